The maximum atomic E-state index is 13.3. The molecule has 4 rings (SSSR count). The normalized spacial score (nSPS) is 15.5. The number of carbonyl (C=O) groups is 1. The SMILES string of the molecule is CC1=C(C(=O)Nc2ccc(C)cc2C)C(c2ccc(OCc3ccccc3)cc2)NC(=S)N1. The lowest BCUT2D eigenvalue weighted by Crippen LogP contribution is -2.45. The highest BCUT2D eigenvalue weighted by molar-refractivity contribution is 7.80. The number of ether oxygens (including phenoxy) is 1. The maximum Gasteiger partial charge on any atom is 0.255 e. The van der Waals surface area contributed by atoms with Gasteiger partial charge in [0.15, 0.2) is 5.11 Å². The molecule has 0 aromatic heterocycles. The van der Waals surface area contributed by atoms with Gasteiger partial charge in [0.05, 0.1) is 11.6 Å². The number of anilines is 1. The predicted molar refractivity (Wildman–Crippen MR) is 136 cm³/mol. The molecule has 3 N–H and O–H groups in total. The van der Waals surface area contributed by atoms with Gasteiger partial charge >= 0.3 is 0 Å². The van der Waals surface area contributed by atoms with E-state index in [2.05, 4.69) is 22.0 Å². The van der Waals surface area contributed by atoms with Gasteiger partial charge in [-0.3, -0.25) is 4.79 Å². The highest BCUT2D eigenvalue weighted by atomic mass is 32.1. The van der Waals surface area contributed by atoms with Gasteiger partial charge in [0.25, 0.3) is 5.91 Å². The molecule has 168 valence electrons. The van der Waals surface area contributed by atoms with Crippen LogP contribution >= 0.6 is 12.2 Å². The summed E-state index contributed by atoms with van der Waals surface area (Å²) in [4.78, 5) is 13.3. The Morgan fingerprint density at radius 1 is 1.00 bits per heavy atom. The van der Waals surface area contributed by atoms with Crippen LogP contribution in [0.3, 0.4) is 0 Å². The Labute approximate surface area is 199 Å². The van der Waals surface area contributed by atoms with Crippen molar-refractivity contribution in [2.24, 2.45) is 0 Å². The van der Waals surface area contributed by atoms with Crippen molar-refractivity contribution < 1.29 is 9.53 Å². The molecule has 0 saturated heterocycles. The molecule has 1 unspecified atom stereocenters. The molecular formula is C27H27N3O2S. The zero-order chi connectivity index (χ0) is 23.4. The third-order valence-electron chi connectivity index (χ3n) is 5.61. The van der Waals surface area contributed by atoms with Gasteiger partial charge in [-0.2, -0.15) is 0 Å². The van der Waals surface area contributed by atoms with Crippen molar-refractivity contribution in [2.75, 3.05) is 5.32 Å². The first-order valence-electron chi connectivity index (χ1n) is 10.8. The van der Waals surface area contributed by atoms with E-state index in [0.29, 0.717) is 17.3 Å². The lowest BCUT2D eigenvalue weighted by atomic mass is 9.94. The number of aryl methyl sites for hydroxylation is 2. The van der Waals surface area contributed by atoms with Crippen LogP contribution < -0.4 is 20.7 Å². The molecule has 3 aromatic carbocycles. The van der Waals surface area contributed by atoms with Crippen LogP contribution in [0.25, 0.3) is 0 Å². The number of amides is 1. The third-order valence-corrected chi connectivity index (χ3v) is 5.83. The molecular weight excluding hydrogens is 430 g/mol. The van der Waals surface area contributed by atoms with Gasteiger partial charge < -0.3 is 20.7 Å². The number of nitrogens with one attached hydrogen (secondary N) is 3. The van der Waals surface area contributed by atoms with Crippen LogP contribution in [0.2, 0.25) is 0 Å². The van der Waals surface area contributed by atoms with Crippen molar-refractivity contribution in [3.8, 4) is 5.75 Å². The van der Waals surface area contributed by atoms with E-state index in [4.69, 9.17) is 17.0 Å². The minimum atomic E-state index is -0.368. The average molecular weight is 458 g/mol. The Kier molecular flexibility index (Phi) is 6.75. The smallest absolute Gasteiger partial charge is 0.255 e. The minimum absolute atomic E-state index is 0.170. The van der Waals surface area contributed by atoms with Gasteiger partial charge in [-0.05, 0) is 67.9 Å². The zero-order valence-corrected chi connectivity index (χ0v) is 19.8. The van der Waals surface area contributed by atoms with E-state index < -0.39 is 0 Å². The van der Waals surface area contributed by atoms with E-state index >= 15 is 0 Å². The molecule has 0 aliphatic carbocycles. The number of hydrogen-bond donors (Lipinski definition) is 3. The van der Waals surface area contributed by atoms with Gasteiger partial charge in [0, 0.05) is 11.4 Å². The second kappa shape index (κ2) is 9.88. The molecule has 1 amide bonds. The topological polar surface area (TPSA) is 62.4 Å². The first-order valence-corrected chi connectivity index (χ1v) is 11.2. The molecule has 0 fully saturated rings. The summed E-state index contributed by atoms with van der Waals surface area (Å²) in [5.74, 6) is 0.595. The summed E-state index contributed by atoms with van der Waals surface area (Å²) in [5.41, 5.74) is 6.33. The zero-order valence-electron chi connectivity index (χ0n) is 18.9. The van der Waals surface area contributed by atoms with Crippen molar-refractivity contribution in [3.63, 3.8) is 0 Å². The van der Waals surface area contributed by atoms with Crippen molar-refractivity contribution in [3.05, 3.63) is 106 Å². The van der Waals surface area contributed by atoms with E-state index in [1.165, 1.54) is 0 Å². The van der Waals surface area contributed by atoms with Crippen LogP contribution in [-0.4, -0.2) is 11.0 Å². The van der Waals surface area contributed by atoms with Gasteiger partial charge in [0.1, 0.15) is 12.4 Å². The maximum absolute atomic E-state index is 13.3. The van der Waals surface area contributed by atoms with Gasteiger partial charge in [-0.1, -0.05) is 60.2 Å². The summed E-state index contributed by atoms with van der Waals surface area (Å²) in [7, 11) is 0. The Bertz CT molecular complexity index is 1200. The standard InChI is InChI=1S/C27H27N3O2S/c1-17-9-14-23(18(2)15-17)29-26(31)24-19(3)28-27(33)30-25(24)21-10-12-22(13-11-21)32-16-20-7-5-4-6-8-20/h4-15,25H,16H2,1-3H3,(H,29,31)(H2,28,30,33). The van der Waals surface area contributed by atoms with E-state index in [1.54, 1.807) is 0 Å². The fourth-order valence-corrected chi connectivity index (χ4v) is 4.16. The Morgan fingerprint density at radius 2 is 1.73 bits per heavy atom. The summed E-state index contributed by atoms with van der Waals surface area (Å²) in [6.45, 7) is 6.39. The van der Waals surface area contributed by atoms with E-state index in [9.17, 15) is 4.79 Å². The molecule has 0 radical (unpaired) electrons. The van der Waals surface area contributed by atoms with Crippen molar-refractivity contribution in [2.45, 2.75) is 33.4 Å². The fraction of sp³-hybridized carbons (Fsp3) is 0.185. The molecule has 0 saturated carbocycles. The van der Waals surface area contributed by atoms with Gasteiger partial charge in [0.2, 0.25) is 0 Å². The monoisotopic (exact) mass is 457 g/mol. The molecule has 1 heterocycles. The van der Waals surface area contributed by atoms with E-state index in [1.807, 2.05) is 87.5 Å². The summed E-state index contributed by atoms with van der Waals surface area (Å²) >= 11 is 5.37. The van der Waals surface area contributed by atoms with E-state index in [-0.39, 0.29) is 11.9 Å². The summed E-state index contributed by atoms with van der Waals surface area (Å²) in [6.07, 6.45) is 0. The number of rotatable bonds is 6. The van der Waals surface area contributed by atoms with Crippen molar-refractivity contribution in [1.29, 1.82) is 0 Å². The predicted octanol–water partition coefficient (Wildman–Crippen LogP) is 5.31. The number of carbonyl (C=O) groups excluding carboxylic acids is 1. The van der Waals surface area contributed by atoms with Crippen LogP contribution in [0.5, 0.6) is 5.75 Å². The van der Waals surface area contributed by atoms with E-state index in [0.717, 1.165) is 39.4 Å². The number of benzene rings is 3. The minimum Gasteiger partial charge on any atom is -0.489 e. The molecule has 0 spiro atoms. The molecule has 0 bridgehead atoms. The Hall–Kier alpha value is -3.64. The fourth-order valence-electron chi connectivity index (χ4n) is 3.89. The first kappa shape index (κ1) is 22.6. The highest BCUT2D eigenvalue weighted by Gasteiger charge is 2.30. The van der Waals surface area contributed by atoms with Gasteiger partial charge in [-0.15, -0.1) is 0 Å². The van der Waals surface area contributed by atoms with Crippen LogP contribution in [0.15, 0.2) is 84.1 Å². The van der Waals surface area contributed by atoms with Crippen molar-refractivity contribution >= 4 is 28.9 Å². The van der Waals surface area contributed by atoms with Crippen LogP contribution in [0, 0.1) is 13.8 Å². The third kappa shape index (κ3) is 5.41. The molecule has 3 aromatic rings. The Morgan fingerprint density at radius 3 is 2.42 bits per heavy atom. The Balaban J connectivity index is 1.53. The highest BCUT2D eigenvalue weighted by Crippen LogP contribution is 2.29. The summed E-state index contributed by atoms with van der Waals surface area (Å²) in [5, 5.41) is 9.87. The summed E-state index contributed by atoms with van der Waals surface area (Å²) in [6, 6.07) is 23.4. The number of allylic oxidation sites excluding steroid dienone is 1. The largest absolute Gasteiger partial charge is 0.489 e. The summed E-state index contributed by atoms with van der Waals surface area (Å²) < 4.78 is 5.90. The van der Waals surface area contributed by atoms with Crippen LogP contribution in [-0.2, 0) is 11.4 Å². The average Bonchev–Trinajstić information content (AvgIpc) is 2.80. The molecule has 1 atom stereocenters. The molecule has 33 heavy (non-hydrogen) atoms. The second-order valence-corrected chi connectivity index (χ2v) is 8.59. The second-order valence-electron chi connectivity index (χ2n) is 8.19. The van der Waals surface area contributed by atoms with Crippen LogP contribution in [0.1, 0.15) is 35.2 Å². The molecule has 1 aliphatic heterocycles. The number of hydrogen-bond acceptors (Lipinski definition) is 3. The molecule has 6 heteroatoms. The van der Waals surface area contributed by atoms with Gasteiger partial charge in [-0.25, -0.2) is 0 Å². The number of thiocarbonyl (C=S) groups is 1. The quantitative estimate of drug-likeness (QED) is 0.438. The van der Waals surface area contributed by atoms with Crippen LogP contribution in [0.4, 0.5) is 5.69 Å². The molecule has 1 aliphatic rings. The van der Waals surface area contributed by atoms with Crippen molar-refractivity contribution in [1.82, 2.24) is 10.6 Å². The lowest BCUT2D eigenvalue weighted by molar-refractivity contribution is -0.113. The lowest BCUT2D eigenvalue weighted by Gasteiger charge is -2.30. The molecule has 5 nitrogen and oxygen atoms in total. The first-order chi connectivity index (χ1) is 15.9.